The minimum Gasteiger partial charge on any atom is -0.344 e. The number of nitrogens with zero attached hydrogens (tertiary/aromatic N) is 2. The van der Waals surface area contributed by atoms with Crippen molar-refractivity contribution >= 4 is 28.3 Å². The maximum Gasteiger partial charge on any atom is 0.249 e. The molecular weight excluding hydrogens is 348 g/mol. The molecule has 7 heteroatoms. The van der Waals surface area contributed by atoms with Crippen molar-refractivity contribution in [2.75, 3.05) is 5.32 Å². The Morgan fingerprint density at radius 3 is 2.46 bits per heavy atom. The molecule has 0 saturated heterocycles. The van der Waals surface area contributed by atoms with Crippen molar-refractivity contribution in [2.45, 2.75) is 53.0 Å². The Morgan fingerprint density at radius 1 is 1.15 bits per heavy atom. The molecule has 2 unspecified atom stereocenters. The van der Waals surface area contributed by atoms with Crippen LogP contribution in [-0.2, 0) is 9.59 Å². The quantitative estimate of drug-likeness (QED) is 0.736. The highest BCUT2D eigenvalue weighted by Gasteiger charge is 2.26. The number of rotatable bonds is 8. The number of benzene rings is 1. The van der Waals surface area contributed by atoms with Gasteiger partial charge in [0.2, 0.25) is 16.9 Å². The summed E-state index contributed by atoms with van der Waals surface area (Å²) in [7, 11) is 0. The molecular formula is C19H26N4O2S. The smallest absolute Gasteiger partial charge is 0.249 e. The molecule has 0 aliphatic carbocycles. The van der Waals surface area contributed by atoms with E-state index in [0.29, 0.717) is 11.6 Å². The lowest BCUT2D eigenvalue weighted by Crippen LogP contribution is -2.47. The van der Waals surface area contributed by atoms with E-state index in [9.17, 15) is 9.59 Å². The number of aromatic nitrogens is 2. The van der Waals surface area contributed by atoms with Crippen LogP contribution in [0.5, 0.6) is 0 Å². The second-order valence-corrected chi connectivity index (χ2v) is 7.43. The van der Waals surface area contributed by atoms with Crippen molar-refractivity contribution in [1.29, 1.82) is 0 Å². The molecule has 2 rings (SSSR count). The van der Waals surface area contributed by atoms with Gasteiger partial charge in [0.05, 0.1) is 0 Å². The van der Waals surface area contributed by atoms with Gasteiger partial charge in [-0.3, -0.25) is 14.9 Å². The van der Waals surface area contributed by atoms with Gasteiger partial charge in [-0.15, -0.1) is 10.2 Å². The van der Waals surface area contributed by atoms with Gasteiger partial charge < -0.3 is 5.32 Å². The molecule has 0 fully saturated rings. The Hall–Kier alpha value is -2.28. The Balaban J connectivity index is 2.08. The Morgan fingerprint density at radius 2 is 1.85 bits per heavy atom. The lowest BCUT2D eigenvalue weighted by Gasteiger charge is -2.22. The predicted octanol–water partition coefficient (Wildman–Crippen LogP) is 3.78. The van der Waals surface area contributed by atoms with E-state index in [0.717, 1.165) is 23.4 Å². The SMILES string of the molecule is CCCC(=O)NC(C(=O)Nc1nnc(-c2ccc(C)cc2)s1)C(C)CC. The number of anilines is 1. The molecule has 0 aliphatic rings. The third-order valence-electron chi connectivity index (χ3n) is 4.24. The summed E-state index contributed by atoms with van der Waals surface area (Å²) in [6, 6.07) is 7.41. The van der Waals surface area contributed by atoms with Crippen LogP contribution in [0, 0.1) is 12.8 Å². The summed E-state index contributed by atoms with van der Waals surface area (Å²) in [5, 5.41) is 15.0. The molecule has 2 atom stereocenters. The van der Waals surface area contributed by atoms with Gasteiger partial charge >= 0.3 is 0 Å². The molecule has 2 aromatic rings. The maximum atomic E-state index is 12.7. The lowest BCUT2D eigenvalue weighted by atomic mass is 9.98. The van der Waals surface area contributed by atoms with Gasteiger partial charge in [0.15, 0.2) is 0 Å². The number of hydrogen-bond donors (Lipinski definition) is 2. The van der Waals surface area contributed by atoms with Crippen LogP contribution in [0.1, 0.15) is 45.6 Å². The van der Waals surface area contributed by atoms with Gasteiger partial charge in [-0.1, -0.05) is 68.4 Å². The van der Waals surface area contributed by atoms with E-state index in [1.165, 1.54) is 16.9 Å². The lowest BCUT2D eigenvalue weighted by molar-refractivity contribution is -0.127. The van der Waals surface area contributed by atoms with Gasteiger partial charge in [-0.05, 0) is 19.3 Å². The number of aryl methyl sites for hydroxylation is 1. The molecule has 26 heavy (non-hydrogen) atoms. The van der Waals surface area contributed by atoms with Gasteiger partial charge in [-0.2, -0.15) is 0 Å². The van der Waals surface area contributed by atoms with Gasteiger partial charge in [0.25, 0.3) is 0 Å². The zero-order valence-corrected chi connectivity index (χ0v) is 16.5. The van der Waals surface area contributed by atoms with Crippen molar-refractivity contribution in [1.82, 2.24) is 15.5 Å². The monoisotopic (exact) mass is 374 g/mol. The van der Waals surface area contributed by atoms with Crippen LogP contribution >= 0.6 is 11.3 Å². The van der Waals surface area contributed by atoms with Crippen LogP contribution in [0.15, 0.2) is 24.3 Å². The fraction of sp³-hybridized carbons (Fsp3) is 0.474. The zero-order chi connectivity index (χ0) is 19.1. The number of nitrogens with one attached hydrogen (secondary N) is 2. The van der Waals surface area contributed by atoms with Crippen molar-refractivity contribution in [3.05, 3.63) is 29.8 Å². The minimum absolute atomic E-state index is 0.0281. The Labute approximate surface area is 158 Å². The first kappa shape index (κ1) is 20.0. The maximum absolute atomic E-state index is 12.7. The van der Waals surface area contributed by atoms with Crippen LogP contribution in [0.3, 0.4) is 0 Å². The van der Waals surface area contributed by atoms with Crippen molar-refractivity contribution in [3.8, 4) is 10.6 Å². The summed E-state index contributed by atoms with van der Waals surface area (Å²) in [5.74, 6) is -0.332. The van der Waals surface area contributed by atoms with Crippen LogP contribution in [0.25, 0.3) is 10.6 Å². The summed E-state index contributed by atoms with van der Waals surface area (Å²) in [4.78, 5) is 24.6. The Bertz CT molecular complexity index is 742. The molecule has 1 aromatic heterocycles. The van der Waals surface area contributed by atoms with Gasteiger partial charge in [-0.25, -0.2) is 0 Å². The van der Waals surface area contributed by atoms with E-state index in [1.807, 2.05) is 52.0 Å². The first-order chi connectivity index (χ1) is 12.4. The fourth-order valence-corrected chi connectivity index (χ4v) is 3.20. The molecule has 0 bridgehead atoms. The predicted molar refractivity (Wildman–Crippen MR) is 105 cm³/mol. The van der Waals surface area contributed by atoms with Crippen LogP contribution in [0.4, 0.5) is 5.13 Å². The summed E-state index contributed by atoms with van der Waals surface area (Å²) in [5.41, 5.74) is 2.13. The number of carbonyl (C=O) groups excluding carboxylic acids is 2. The van der Waals surface area contributed by atoms with Crippen LogP contribution in [-0.4, -0.2) is 28.1 Å². The number of hydrogen-bond acceptors (Lipinski definition) is 5. The van der Waals surface area contributed by atoms with E-state index in [-0.39, 0.29) is 17.7 Å². The van der Waals surface area contributed by atoms with Gasteiger partial charge in [0, 0.05) is 12.0 Å². The molecule has 2 N–H and O–H groups in total. The van der Waals surface area contributed by atoms with Crippen molar-refractivity contribution in [3.63, 3.8) is 0 Å². The average Bonchev–Trinajstić information content (AvgIpc) is 3.08. The molecule has 2 amide bonds. The summed E-state index contributed by atoms with van der Waals surface area (Å²) in [6.45, 7) is 7.91. The highest BCUT2D eigenvalue weighted by molar-refractivity contribution is 7.18. The zero-order valence-electron chi connectivity index (χ0n) is 15.7. The molecule has 1 aromatic carbocycles. The average molecular weight is 375 g/mol. The molecule has 1 heterocycles. The topological polar surface area (TPSA) is 84.0 Å². The molecule has 140 valence electrons. The Kier molecular flexibility index (Phi) is 7.26. The second-order valence-electron chi connectivity index (χ2n) is 6.45. The third-order valence-corrected chi connectivity index (χ3v) is 5.13. The van der Waals surface area contributed by atoms with Crippen molar-refractivity contribution < 1.29 is 9.59 Å². The molecule has 0 spiro atoms. The van der Waals surface area contributed by atoms with Gasteiger partial charge in [0.1, 0.15) is 11.0 Å². The summed E-state index contributed by atoms with van der Waals surface area (Å²) >= 11 is 1.32. The first-order valence-electron chi connectivity index (χ1n) is 8.95. The summed E-state index contributed by atoms with van der Waals surface area (Å²) in [6.07, 6.45) is 1.95. The van der Waals surface area contributed by atoms with Crippen LogP contribution < -0.4 is 10.6 Å². The van der Waals surface area contributed by atoms with E-state index < -0.39 is 6.04 Å². The highest BCUT2D eigenvalue weighted by atomic mass is 32.1. The largest absolute Gasteiger partial charge is 0.344 e. The first-order valence-corrected chi connectivity index (χ1v) is 9.77. The third kappa shape index (κ3) is 5.36. The van der Waals surface area contributed by atoms with E-state index >= 15 is 0 Å². The second kappa shape index (κ2) is 9.43. The number of carbonyl (C=O) groups is 2. The van der Waals surface area contributed by atoms with E-state index in [4.69, 9.17) is 0 Å². The molecule has 0 saturated carbocycles. The standard InChI is InChI=1S/C19H26N4O2S/c1-5-7-15(24)20-16(13(4)6-2)17(25)21-19-23-22-18(26-19)14-10-8-12(3)9-11-14/h8-11,13,16H,5-7H2,1-4H3,(H,20,24)(H,21,23,25). The summed E-state index contributed by atoms with van der Waals surface area (Å²) < 4.78 is 0. The van der Waals surface area contributed by atoms with E-state index in [2.05, 4.69) is 20.8 Å². The number of amides is 2. The minimum atomic E-state index is -0.578. The van der Waals surface area contributed by atoms with E-state index in [1.54, 1.807) is 0 Å². The highest BCUT2D eigenvalue weighted by Crippen LogP contribution is 2.26. The fourth-order valence-electron chi connectivity index (χ4n) is 2.44. The van der Waals surface area contributed by atoms with Crippen molar-refractivity contribution in [2.24, 2.45) is 5.92 Å². The molecule has 0 radical (unpaired) electrons. The molecule has 0 aliphatic heterocycles. The normalized spacial score (nSPS) is 13.1. The van der Waals surface area contributed by atoms with Crippen LogP contribution in [0.2, 0.25) is 0 Å². The molecule has 6 nitrogen and oxygen atoms in total.